The summed E-state index contributed by atoms with van der Waals surface area (Å²) in [5.41, 5.74) is 5.23. The van der Waals surface area contributed by atoms with Gasteiger partial charge in [-0.15, -0.1) is 0 Å². The molecule has 2 aromatic heterocycles. The molecule has 0 bridgehead atoms. The first-order chi connectivity index (χ1) is 8.29. The van der Waals surface area contributed by atoms with Gasteiger partial charge < -0.3 is 19.9 Å². The number of hydrogen-bond acceptors (Lipinski definition) is 6. The molecule has 0 saturated heterocycles. The summed E-state index contributed by atoms with van der Waals surface area (Å²) in [5.74, 6) is -0.139. The molecule has 4 N–H and O–H groups in total. The molecule has 2 rings (SSSR count). The van der Waals surface area contributed by atoms with Gasteiger partial charge in [-0.3, -0.25) is 9.36 Å². The smallest absolute Gasteiger partial charge is 0.391 e. The molecule has 0 aliphatic carbocycles. The maximum absolute atomic E-state index is 11.4. The predicted molar refractivity (Wildman–Crippen MR) is 65.9 cm³/mol. The number of nitrogens with zero attached hydrogens (tertiary/aromatic N) is 1. The van der Waals surface area contributed by atoms with E-state index < -0.39 is 13.1 Å². The number of aromatic nitrogens is 1. The summed E-state index contributed by atoms with van der Waals surface area (Å²) in [5, 5.41) is 0.185. The first kappa shape index (κ1) is 13.0. The summed E-state index contributed by atoms with van der Waals surface area (Å²) in [6.45, 7) is 1.35. The van der Waals surface area contributed by atoms with E-state index in [4.69, 9.17) is 19.9 Å². The standard InChI is InChI=1S/C9H9N2O5PS/c1-4(12)8-7(11-9(10)18-8)5-2-3-6(16-5)17(13,14)15/h2-3H,1H3,(H2,10,11)(H2,13,14,15). The van der Waals surface area contributed by atoms with E-state index >= 15 is 0 Å². The van der Waals surface area contributed by atoms with Crippen molar-refractivity contribution >= 4 is 35.3 Å². The highest BCUT2D eigenvalue weighted by molar-refractivity contribution is 7.59. The molecular formula is C9H9N2O5PS. The second-order valence-electron chi connectivity index (χ2n) is 3.47. The number of thiazole rings is 1. The Kier molecular flexibility index (Phi) is 3.12. The van der Waals surface area contributed by atoms with Crippen LogP contribution in [0.5, 0.6) is 0 Å². The van der Waals surface area contributed by atoms with Crippen molar-refractivity contribution in [1.29, 1.82) is 0 Å². The van der Waals surface area contributed by atoms with Gasteiger partial charge in [0.05, 0.1) is 0 Å². The van der Waals surface area contributed by atoms with Gasteiger partial charge in [0, 0.05) is 6.92 Å². The van der Waals surface area contributed by atoms with Crippen LogP contribution in [0, 0.1) is 0 Å². The van der Waals surface area contributed by atoms with Crippen molar-refractivity contribution in [2.24, 2.45) is 0 Å². The molecule has 96 valence electrons. The molecule has 0 saturated carbocycles. The minimum Gasteiger partial charge on any atom is -0.446 e. The van der Waals surface area contributed by atoms with Crippen LogP contribution in [0.25, 0.3) is 11.5 Å². The molecule has 18 heavy (non-hydrogen) atoms. The van der Waals surface area contributed by atoms with Crippen LogP contribution in [-0.4, -0.2) is 20.6 Å². The molecule has 2 heterocycles. The van der Waals surface area contributed by atoms with Gasteiger partial charge in [-0.25, -0.2) is 4.98 Å². The van der Waals surface area contributed by atoms with Crippen LogP contribution in [-0.2, 0) is 4.57 Å². The number of carbonyl (C=O) groups excluding carboxylic acids is 1. The Morgan fingerprint density at radius 3 is 2.67 bits per heavy atom. The number of Topliss-reactive ketones (excluding diaryl/α,β-unsaturated/α-hetero) is 1. The highest BCUT2D eigenvalue weighted by atomic mass is 32.1. The second-order valence-corrected chi connectivity index (χ2v) is 6.03. The van der Waals surface area contributed by atoms with Gasteiger partial charge in [0.15, 0.2) is 16.7 Å². The molecule has 0 aliphatic rings. The molecule has 0 atom stereocenters. The van der Waals surface area contributed by atoms with E-state index in [2.05, 4.69) is 4.98 Å². The number of carbonyl (C=O) groups is 1. The van der Waals surface area contributed by atoms with Crippen molar-refractivity contribution < 1.29 is 23.6 Å². The van der Waals surface area contributed by atoms with Gasteiger partial charge in [0.2, 0.25) is 5.50 Å². The number of ketones is 1. The average Bonchev–Trinajstić information content (AvgIpc) is 2.81. The third-order valence-corrected chi connectivity index (χ3v) is 3.88. The zero-order chi connectivity index (χ0) is 13.5. The summed E-state index contributed by atoms with van der Waals surface area (Å²) >= 11 is 0.997. The third kappa shape index (κ3) is 2.37. The number of rotatable bonds is 3. The zero-order valence-electron chi connectivity index (χ0n) is 9.15. The molecule has 0 aliphatic heterocycles. The molecule has 9 heteroatoms. The molecular weight excluding hydrogens is 279 g/mol. The highest BCUT2D eigenvalue weighted by Crippen LogP contribution is 2.37. The van der Waals surface area contributed by atoms with E-state index in [9.17, 15) is 9.36 Å². The molecule has 0 fully saturated rings. The van der Waals surface area contributed by atoms with Gasteiger partial charge in [0.1, 0.15) is 10.6 Å². The SMILES string of the molecule is CC(=O)c1sc(N)nc1-c1ccc(P(=O)(O)O)o1. The van der Waals surface area contributed by atoms with E-state index in [0.717, 1.165) is 17.4 Å². The monoisotopic (exact) mass is 288 g/mol. The average molecular weight is 288 g/mol. The van der Waals surface area contributed by atoms with Crippen LogP contribution in [0.4, 0.5) is 5.13 Å². The number of anilines is 1. The fourth-order valence-electron chi connectivity index (χ4n) is 1.35. The van der Waals surface area contributed by atoms with Crippen molar-refractivity contribution in [3.63, 3.8) is 0 Å². The van der Waals surface area contributed by atoms with Crippen LogP contribution in [0.2, 0.25) is 0 Å². The first-order valence-corrected chi connectivity index (χ1v) is 7.15. The van der Waals surface area contributed by atoms with Crippen LogP contribution < -0.4 is 11.2 Å². The Morgan fingerprint density at radius 2 is 2.17 bits per heavy atom. The van der Waals surface area contributed by atoms with E-state index in [0.29, 0.717) is 4.88 Å². The summed E-state index contributed by atoms with van der Waals surface area (Å²) in [4.78, 5) is 33.5. The molecule has 2 aromatic rings. The number of furan rings is 1. The Balaban J connectivity index is 2.53. The summed E-state index contributed by atoms with van der Waals surface area (Å²) in [7, 11) is -4.46. The third-order valence-electron chi connectivity index (χ3n) is 2.08. The predicted octanol–water partition coefficient (Wildman–Crippen LogP) is 0.991. The van der Waals surface area contributed by atoms with Gasteiger partial charge >= 0.3 is 7.60 Å². The van der Waals surface area contributed by atoms with Crippen molar-refractivity contribution in [1.82, 2.24) is 4.98 Å². The number of hydrogen-bond donors (Lipinski definition) is 3. The normalized spacial score (nSPS) is 11.7. The van der Waals surface area contributed by atoms with Crippen molar-refractivity contribution in [2.75, 3.05) is 5.73 Å². The fraction of sp³-hybridized carbons (Fsp3) is 0.111. The summed E-state index contributed by atoms with van der Waals surface area (Å²) in [6, 6.07) is 2.49. The topological polar surface area (TPSA) is 127 Å². The molecule has 0 amide bonds. The van der Waals surface area contributed by atoms with Crippen LogP contribution in [0.15, 0.2) is 16.5 Å². The fourth-order valence-corrected chi connectivity index (χ4v) is 2.57. The van der Waals surface area contributed by atoms with Gasteiger partial charge in [-0.05, 0) is 12.1 Å². The maximum Gasteiger partial charge on any atom is 0.391 e. The van der Waals surface area contributed by atoms with E-state index in [1.54, 1.807) is 0 Å². The zero-order valence-corrected chi connectivity index (χ0v) is 10.9. The van der Waals surface area contributed by atoms with Crippen LogP contribution >= 0.6 is 18.9 Å². The van der Waals surface area contributed by atoms with Gasteiger partial charge in [0.25, 0.3) is 0 Å². The highest BCUT2D eigenvalue weighted by Gasteiger charge is 2.25. The van der Waals surface area contributed by atoms with Crippen molar-refractivity contribution in [3.05, 3.63) is 17.0 Å². The summed E-state index contributed by atoms with van der Waals surface area (Å²) < 4.78 is 16.0. The largest absolute Gasteiger partial charge is 0.446 e. The summed E-state index contributed by atoms with van der Waals surface area (Å²) in [6.07, 6.45) is 0. The van der Waals surface area contributed by atoms with Gasteiger partial charge in [-0.2, -0.15) is 0 Å². The Labute approximate surface area is 105 Å². The first-order valence-electron chi connectivity index (χ1n) is 4.72. The Morgan fingerprint density at radius 1 is 1.50 bits per heavy atom. The lowest BCUT2D eigenvalue weighted by Gasteiger charge is -1.98. The lowest BCUT2D eigenvalue weighted by atomic mass is 10.2. The van der Waals surface area contributed by atoms with Crippen molar-refractivity contribution in [3.8, 4) is 11.5 Å². The number of nitrogens with two attached hydrogens (primary N) is 1. The molecule has 0 unspecified atom stereocenters. The van der Waals surface area contributed by atoms with Crippen LogP contribution in [0.3, 0.4) is 0 Å². The molecule has 0 aromatic carbocycles. The minimum atomic E-state index is -4.46. The second kappa shape index (κ2) is 4.33. The Bertz CT molecular complexity index is 656. The maximum atomic E-state index is 11.4. The quantitative estimate of drug-likeness (QED) is 0.567. The Hall–Kier alpha value is -1.47. The van der Waals surface area contributed by atoms with Crippen molar-refractivity contribution in [2.45, 2.75) is 6.92 Å². The van der Waals surface area contributed by atoms with Gasteiger partial charge in [-0.1, -0.05) is 11.3 Å². The molecule has 0 spiro atoms. The van der Waals surface area contributed by atoms with E-state index in [1.165, 1.54) is 13.0 Å². The van der Waals surface area contributed by atoms with Crippen LogP contribution in [0.1, 0.15) is 16.6 Å². The van der Waals surface area contributed by atoms with E-state index in [1.807, 2.05) is 0 Å². The molecule has 0 radical (unpaired) electrons. The lowest BCUT2D eigenvalue weighted by Crippen LogP contribution is -1.98. The minimum absolute atomic E-state index is 0.103. The number of nitrogen functional groups attached to an aromatic ring is 1. The molecule has 7 nitrogen and oxygen atoms in total. The lowest BCUT2D eigenvalue weighted by molar-refractivity contribution is 0.102. The van der Waals surface area contributed by atoms with E-state index in [-0.39, 0.29) is 22.4 Å².